The highest BCUT2D eigenvalue weighted by Crippen LogP contribution is 2.29. The van der Waals surface area contributed by atoms with Crippen molar-refractivity contribution in [2.45, 2.75) is 38.0 Å². The molecule has 4 nitrogen and oxygen atoms in total. The van der Waals surface area contributed by atoms with Crippen LogP contribution in [0.5, 0.6) is 0 Å². The van der Waals surface area contributed by atoms with Crippen LogP contribution in [0.15, 0.2) is 24.3 Å². The Morgan fingerprint density at radius 3 is 2.54 bits per heavy atom. The van der Waals surface area contributed by atoms with E-state index in [2.05, 4.69) is 17.3 Å². The minimum Gasteiger partial charge on any atom is -0.338 e. The molecule has 0 spiro atoms. The van der Waals surface area contributed by atoms with E-state index in [1.807, 2.05) is 0 Å². The maximum Gasteiger partial charge on any atom is 0.416 e. The fraction of sp³-hybridized carbons (Fsp3) is 0.588. The summed E-state index contributed by atoms with van der Waals surface area (Å²) in [5.41, 5.74) is -0.0183. The lowest BCUT2D eigenvalue weighted by Gasteiger charge is -2.21. The van der Waals surface area contributed by atoms with Gasteiger partial charge >= 0.3 is 12.2 Å². The van der Waals surface area contributed by atoms with Gasteiger partial charge in [0.05, 0.1) is 5.56 Å². The zero-order valence-electron chi connectivity index (χ0n) is 14.1. The van der Waals surface area contributed by atoms with Crippen molar-refractivity contribution in [1.82, 2.24) is 15.1 Å². The lowest BCUT2D eigenvalue weighted by Crippen LogP contribution is -2.39. The van der Waals surface area contributed by atoms with Gasteiger partial charge in [-0.25, -0.2) is 4.79 Å². The Hall–Kier alpha value is -1.76. The van der Waals surface area contributed by atoms with Gasteiger partial charge in [0.2, 0.25) is 0 Å². The van der Waals surface area contributed by atoms with Crippen LogP contribution in [-0.2, 0) is 12.7 Å². The fourth-order valence-electron chi connectivity index (χ4n) is 2.97. The molecule has 24 heavy (non-hydrogen) atoms. The minimum absolute atomic E-state index is 0.212. The molecule has 0 radical (unpaired) electrons. The van der Waals surface area contributed by atoms with Crippen molar-refractivity contribution in [3.8, 4) is 0 Å². The van der Waals surface area contributed by atoms with Crippen LogP contribution in [0.25, 0.3) is 0 Å². The van der Waals surface area contributed by atoms with E-state index >= 15 is 0 Å². The number of urea groups is 1. The van der Waals surface area contributed by atoms with E-state index in [1.165, 1.54) is 23.5 Å². The number of carbonyl (C=O) groups excluding carboxylic acids is 1. The Kier molecular flexibility index (Phi) is 6.10. The maximum absolute atomic E-state index is 12.5. The smallest absolute Gasteiger partial charge is 0.338 e. The van der Waals surface area contributed by atoms with Crippen LogP contribution >= 0.6 is 0 Å². The average Bonchev–Trinajstić information content (AvgIpc) is 2.92. The fourth-order valence-corrected chi connectivity index (χ4v) is 2.97. The number of benzene rings is 1. The summed E-state index contributed by atoms with van der Waals surface area (Å²) in [5, 5.41) is 2.87. The van der Waals surface area contributed by atoms with Crippen LogP contribution in [-0.4, -0.2) is 49.1 Å². The van der Waals surface area contributed by atoms with Gasteiger partial charge in [0.15, 0.2) is 0 Å². The van der Waals surface area contributed by atoms with E-state index < -0.39 is 11.7 Å². The number of carbonyl (C=O) groups is 1. The molecule has 0 bridgehead atoms. The van der Waals surface area contributed by atoms with Crippen LogP contribution in [0.3, 0.4) is 0 Å². The molecule has 1 atom stereocenters. The van der Waals surface area contributed by atoms with E-state index in [0.717, 1.165) is 31.5 Å². The highest BCUT2D eigenvalue weighted by molar-refractivity contribution is 5.73. The van der Waals surface area contributed by atoms with Crippen LogP contribution in [0.2, 0.25) is 0 Å². The number of nitrogens with zero attached hydrogens (tertiary/aromatic N) is 2. The van der Waals surface area contributed by atoms with Crippen LogP contribution in [0, 0.1) is 0 Å². The average molecular weight is 343 g/mol. The number of hydrogen-bond acceptors (Lipinski definition) is 2. The summed E-state index contributed by atoms with van der Waals surface area (Å²) in [4.78, 5) is 15.8. The summed E-state index contributed by atoms with van der Waals surface area (Å²) in [7, 11) is 3.73. The number of nitrogens with one attached hydrogen (secondary N) is 1. The molecule has 134 valence electrons. The molecule has 7 heteroatoms. The second kappa shape index (κ2) is 7.88. The van der Waals surface area contributed by atoms with Gasteiger partial charge < -0.3 is 15.1 Å². The molecule has 1 heterocycles. The van der Waals surface area contributed by atoms with Gasteiger partial charge in [-0.1, -0.05) is 12.1 Å². The Morgan fingerprint density at radius 2 is 2.00 bits per heavy atom. The summed E-state index contributed by atoms with van der Waals surface area (Å²) in [6, 6.07) is 5.19. The van der Waals surface area contributed by atoms with Gasteiger partial charge in [0.25, 0.3) is 0 Å². The molecule has 1 aliphatic heterocycles. The third-order valence-corrected chi connectivity index (χ3v) is 4.47. The summed E-state index contributed by atoms with van der Waals surface area (Å²) < 4.78 is 37.6. The first-order valence-electron chi connectivity index (χ1n) is 8.12. The lowest BCUT2D eigenvalue weighted by atomic mass is 10.1. The molecule has 1 N–H and O–H groups in total. The molecule has 1 fully saturated rings. The molecule has 1 unspecified atom stereocenters. The number of halogens is 3. The van der Waals surface area contributed by atoms with Gasteiger partial charge in [-0.05, 0) is 50.6 Å². The van der Waals surface area contributed by atoms with Crippen molar-refractivity contribution < 1.29 is 18.0 Å². The number of likely N-dealkylation sites (tertiary alicyclic amines) is 1. The molecule has 0 aromatic heterocycles. The molecule has 0 saturated carbocycles. The first-order chi connectivity index (χ1) is 11.3. The molecule has 2 rings (SSSR count). The molecular formula is C17H24F3N3O. The zero-order valence-corrected chi connectivity index (χ0v) is 14.1. The zero-order chi connectivity index (χ0) is 17.7. The molecule has 2 amide bonds. The van der Waals surface area contributed by atoms with Gasteiger partial charge in [0.1, 0.15) is 0 Å². The molecular weight excluding hydrogens is 319 g/mol. The first-order valence-corrected chi connectivity index (χ1v) is 8.12. The van der Waals surface area contributed by atoms with Gasteiger partial charge in [-0.2, -0.15) is 13.2 Å². The molecule has 0 aliphatic carbocycles. The molecule has 1 saturated heterocycles. The maximum atomic E-state index is 12.5. The predicted molar refractivity (Wildman–Crippen MR) is 86.6 cm³/mol. The van der Waals surface area contributed by atoms with Crippen molar-refractivity contribution in [3.63, 3.8) is 0 Å². The predicted octanol–water partition coefficient (Wildman–Crippen LogP) is 3.33. The topological polar surface area (TPSA) is 35.6 Å². The molecule has 1 aromatic carbocycles. The molecule has 1 aliphatic rings. The van der Waals surface area contributed by atoms with Crippen molar-refractivity contribution in [2.24, 2.45) is 0 Å². The van der Waals surface area contributed by atoms with Gasteiger partial charge in [-0.15, -0.1) is 0 Å². The van der Waals surface area contributed by atoms with E-state index in [4.69, 9.17) is 0 Å². The Labute approximate surface area is 140 Å². The van der Waals surface area contributed by atoms with Crippen molar-refractivity contribution in [1.29, 1.82) is 0 Å². The monoisotopic (exact) mass is 343 g/mol. The lowest BCUT2D eigenvalue weighted by molar-refractivity contribution is -0.137. The second-order valence-corrected chi connectivity index (χ2v) is 6.35. The van der Waals surface area contributed by atoms with Crippen molar-refractivity contribution in [2.75, 3.05) is 27.2 Å². The second-order valence-electron chi connectivity index (χ2n) is 6.35. The quantitative estimate of drug-likeness (QED) is 0.890. The summed E-state index contributed by atoms with van der Waals surface area (Å²) >= 11 is 0. The van der Waals surface area contributed by atoms with Crippen molar-refractivity contribution in [3.05, 3.63) is 35.4 Å². The summed E-state index contributed by atoms with van der Waals surface area (Å²) in [6.07, 6.45) is -1.07. The van der Waals surface area contributed by atoms with Crippen LogP contribution in [0.1, 0.15) is 30.4 Å². The minimum atomic E-state index is -4.34. The van der Waals surface area contributed by atoms with Crippen molar-refractivity contribution >= 4 is 6.03 Å². The SMILES string of the molecule is CN(Cc1ccc(C(F)(F)F)cc1)C(=O)NCCC1CCCN1C. The largest absolute Gasteiger partial charge is 0.416 e. The third kappa shape index (κ3) is 5.12. The van der Waals surface area contributed by atoms with E-state index in [-0.39, 0.29) is 12.6 Å². The number of amides is 2. The van der Waals surface area contributed by atoms with E-state index in [9.17, 15) is 18.0 Å². The van der Waals surface area contributed by atoms with Crippen LogP contribution in [0.4, 0.5) is 18.0 Å². The summed E-state index contributed by atoms with van der Waals surface area (Å²) in [5.74, 6) is 0. The normalized spacial score (nSPS) is 18.6. The van der Waals surface area contributed by atoms with Gasteiger partial charge in [0, 0.05) is 26.2 Å². The van der Waals surface area contributed by atoms with E-state index in [0.29, 0.717) is 18.2 Å². The molecule has 1 aromatic rings. The number of alkyl halides is 3. The number of rotatable bonds is 5. The Balaban J connectivity index is 1.76. The Bertz CT molecular complexity index is 545. The van der Waals surface area contributed by atoms with E-state index in [1.54, 1.807) is 7.05 Å². The van der Waals surface area contributed by atoms with Gasteiger partial charge in [-0.3, -0.25) is 0 Å². The Morgan fingerprint density at radius 1 is 1.33 bits per heavy atom. The standard InChI is InChI=1S/C17H24F3N3O/c1-22-11-3-4-15(22)9-10-21-16(24)23(2)12-13-5-7-14(8-6-13)17(18,19)20/h5-8,15H,3-4,9-12H2,1-2H3,(H,21,24). The highest BCUT2D eigenvalue weighted by Gasteiger charge is 2.30. The third-order valence-electron chi connectivity index (χ3n) is 4.47. The van der Waals surface area contributed by atoms with Crippen LogP contribution < -0.4 is 5.32 Å². The first kappa shape index (κ1) is 18.6. The number of hydrogen-bond donors (Lipinski definition) is 1. The summed E-state index contributed by atoms with van der Waals surface area (Å²) in [6.45, 7) is 1.98. The highest BCUT2D eigenvalue weighted by atomic mass is 19.4.